The van der Waals surface area contributed by atoms with Gasteiger partial charge >= 0.3 is 6.03 Å². The molecule has 1 aromatic carbocycles. The molecule has 1 heterocycles. The summed E-state index contributed by atoms with van der Waals surface area (Å²) in [6.45, 7) is 3.91. The lowest BCUT2D eigenvalue weighted by Crippen LogP contribution is -2.41. The Morgan fingerprint density at radius 1 is 1.30 bits per heavy atom. The number of thioether (sulfide) groups is 1. The summed E-state index contributed by atoms with van der Waals surface area (Å²) >= 11 is 1.13. The van der Waals surface area contributed by atoms with E-state index in [9.17, 15) is 9.59 Å². The van der Waals surface area contributed by atoms with Gasteiger partial charge in [0.25, 0.3) is 0 Å². The third-order valence-electron chi connectivity index (χ3n) is 2.97. The van der Waals surface area contributed by atoms with Crippen LogP contribution >= 0.6 is 11.8 Å². The maximum absolute atomic E-state index is 12.5. The molecule has 0 fully saturated rings. The lowest BCUT2D eigenvalue weighted by Gasteiger charge is -2.15. The fraction of sp³-hybridized carbons (Fsp3) is 0.286. The molecule has 0 aliphatic heterocycles. The first-order valence-electron chi connectivity index (χ1n) is 7.00. The quantitative estimate of drug-likeness (QED) is 0.554. The van der Waals surface area contributed by atoms with E-state index in [0.717, 1.165) is 17.3 Å². The molecule has 0 bridgehead atoms. The van der Waals surface area contributed by atoms with Crippen molar-refractivity contribution < 1.29 is 9.59 Å². The number of aryl methyl sites for hydroxylation is 1. The van der Waals surface area contributed by atoms with E-state index in [2.05, 4.69) is 20.8 Å². The fourth-order valence-electron chi connectivity index (χ4n) is 1.82. The second-order valence-electron chi connectivity index (χ2n) is 4.66. The van der Waals surface area contributed by atoms with Crippen molar-refractivity contribution in [3.05, 3.63) is 41.7 Å². The molecule has 8 nitrogen and oxygen atoms in total. The van der Waals surface area contributed by atoms with E-state index in [1.807, 2.05) is 18.2 Å². The molecule has 9 heteroatoms. The first kappa shape index (κ1) is 16.8. The predicted octanol–water partition coefficient (Wildman–Crippen LogP) is 0.979. The summed E-state index contributed by atoms with van der Waals surface area (Å²) in [7, 11) is 0. The van der Waals surface area contributed by atoms with Crippen molar-refractivity contribution in [3.8, 4) is 0 Å². The van der Waals surface area contributed by atoms with E-state index in [1.165, 1.54) is 4.68 Å². The van der Waals surface area contributed by atoms with E-state index in [1.54, 1.807) is 26.0 Å². The zero-order valence-corrected chi connectivity index (χ0v) is 13.6. The van der Waals surface area contributed by atoms with Gasteiger partial charge in [-0.15, -0.1) is 10.2 Å². The van der Waals surface area contributed by atoms with Crippen LogP contribution < -0.4 is 16.5 Å². The van der Waals surface area contributed by atoms with Crippen LogP contribution in [0.2, 0.25) is 0 Å². The maximum Gasteiger partial charge on any atom is 0.321 e. The summed E-state index contributed by atoms with van der Waals surface area (Å²) in [5, 5.41) is 12.4. The number of carbonyl (C=O) groups excluding carboxylic acids is 2. The first-order chi connectivity index (χ1) is 11.0. The largest absolute Gasteiger partial charge is 0.338 e. The molecule has 0 radical (unpaired) electrons. The van der Waals surface area contributed by atoms with E-state index in [0.29, 0.717) is 17.5 Å². The maximum atomic E-state index is 12.5. The van der Waals surface area contributed by atoms with Gasteiger partial charge in [0.15, 0.2) is 0 Å². The van der Waals surface area contributed by atoms with Gasteiger partial charge in [0, 0.05) is 6.54 Å². The van der Waals surface area contributed by atoms with Crippen LogP contribution in [0.15, 0.2) is 35.5 Å². The fourth-order valence-corrected chi connectivity index (χ4v) is 2.82. The van der Waals surface area contributed by atoms with Crippen LogP contribution in [0.3, 0.4) is 0 Å². The first-order valence-corrected chi connectivity index (χ1v) is 7.88. The number of imide groups is 1. The second-order valence-corrected chi connectivity index (χ2v) is 5.73. The zero-order valence-electron chi connectivity index (χ0n) is 12.8. The van der Waals surface area contributed by atoms with Gasteiger partial charge in [0.2, 0.25) is 11.1 Å². The highest BCUT2D eigenvalue weighted by molar-refractivity contribution is 8.00. The average Bonchev–Trinajstić information content (AvgIpc) is 2.85. The predicted molar refractivity (Wildman–Crippen MR) is 87.2 cm³/mol. The van der Waals surface area contributed by atoms with Crippen molar-refractivity contribution in [2.24, 2.45) is 0 Å². The summed E-state index contributed by atoms with van der Waals surface area (Å²) in [5.41, 5.74) is 0.736. The van der Waals surface area contributed by atoms with Gasteiger partial charge in [0.05, 0.1) is 0 Å². The number of rotatable bonds is 5. The molecule has 0 saturated heterocycles. The summed E-state index contributed by atoms with van der Waals surface area (Å²) in [5.74, 6) is 5.92. The lowest BCUT2D eigenvalue weighted by atomic mass is 10.1. The molecule has 2 rings (SSSR count). The van der Waals surface area contributed by atoms with Crippen molar-refractivity contribution in [1.29, 1.82) is 0 Å². The summed E-state index contributed by atoms with van der Waals surface area (Å²) < 4.78 is 1.31. The number of carbonyl (C=O) groups is 2. The SMILES string of the molecule is CCNC(=O)NC(=O)[C@H](Sc1nnc(C)n1N)c1ccccc1. The van der Waals surface area contributed by atoms with Crippen molar-refractivity contribution in [3.63, 3.8) is 0 Å². The molecule has 0 aliphatic rings. The third-order valence-corrected chi connectivity index (χ3v) is 4.18. The zero-order chi connectivity index (χ0) is 16.8. The summed E-state index contributed by atoms with van der Waals surface area (Å²) in [4.78, 5) is 24.1. The Morgan fingerprint density at radius 2 is 2.00 bits per heavy atom. The molecule has 0 saturated carbocycles. The number of nitrogens with zero attached hydrogens (tertiary/aromatic N) is 3. The smallest absolute Gasteiger partial charge is 0.321 e. The number of benzene rings is 1. The van der Waals surface area contributed by atoms with E-state index in [-0.39, 0.29) is 0 Å². The van der Waals surface area contributed by atoms with Crippen LogP contribution in [0.5, 0.6) is 0 Å². The molecular formula is C14H18N6O2S. The molecular weight excluding hydrogens is 316 g/mol. The number of nitrogens with two attached hydrogens (primary N) is 1. The number of amides is 3. The molecule has 0 aliphatic carbocycles. The van der Waals surface area contributed by atoms with Crippen molar-refractivity contribution in [2.75, 3.05) is 12.4 Å². The highest BCUT2D eigenvalue weighted by Gasteiger charge is 2.26. The Hall–Kier alpha value is -2.55. The molecule has 23 heavy (non-hydrogen) atoms. The summed E-state index contributed by atoms with van der Waals surface area (Å²) in [6, 6.07) is 8.56. The van der Waals surface area contributed by atoms with Gasteiger partial charge < -0.3 is 11.2 Å². The molecule has 1 aromatic heterocycles. The molecule has 2 aromatic rings. The van der Waals surface area contributed by atoms with Crippen LogP contribution in [0.1, 0.15) is 23.6 Å². The van der Waals surface area contributed by atoms with Crippen molar-refractivity contribution in [1.82, 2.24) is 25.5 Å². The number of aromatic nitrogens is 3. The molecule has 122 valence electrons. The molecule has 1 atom stereocenters. The Kier molecular flexibility index (Phi) is 5.58. The minimum absolute atomic E-state index is 0.391. The van der Waals surface area contributed by atoms with Crippen LogP contribution in [-0.4, -0.2) is 33.4 Å². The van der Waals surface area contributed by atoms with Crippen LogP contribution in [0.25, 0.3) is 0 Å². The average molecular weight is 334 g/mol. The lowest BCUT2D eigenvalue weighted by molar-refractivity contribution is -0.119. The normalized spacial score (nSPS) is 11.7. The Bertz CT molecular complexity index is 688. The highest BCUT2D eigenvalue weighted by atomic mass is 32.2. The molecule has 3 amide bonds. The van der Waals surface area contributed by atoms with Crippen molar-refractivity contribution >= 4 is 23.7 Å². The van der Waals surface area contributed by atoms with Crippen molar-refractivity contribution in [2.45, 2.75) is 24.3 Å². The number of nitrogen functional groups attached to an aromatic ring is 1. The molecule has 0 unspecified atom stereocenters. The van der Waals surface area contributed by atoms with Gasteiger partial charge in [-0.2, -0.15) is 0 Å². The Morgan fingerprint density at radius 3 is 2.57 bits per heavy atom. The van der Waals surface area contributed by atoms with Gasteiger partial charge in [-0.1, -0.05) is 42.1 Å². The van der Waals surface area contributed by atoms with Crippen LogP contribution in [-0.2, 0) is 4.79 Å². The van der Waals surface area contributed by atoms with Gasteiger partial charge in [0.1, 0.15) is 11.1 Å². The number of hydrogen-bond donors (Lipinski definition) is 3. The summed E-state index contributed by atoms with van der Waals surface area (Å²) in [6.07, 6.45) is 0. The second kappa shape index (κ2) is 7.63. The van der Waals surface area contributed by atoms with Gasteiger partial charge in [-0.25, -0.2) is 9.47 Å². The minimum atomic E-state index is -0.676. The third kappa shape index (κ3) is 4.22. The van der Waals surface area contributed by atoms with E-state index >= 15 is 0 Å². The minimum Gasteiger partial charge on any atom is -0.338 e. The monoisotopic (exact) mass is 334 g/mol. The Balaban J connectivity index is 2.23. The highest BCUT2D eigenvalue weighted by Crippen LogP contribution is 2.34. The van der Waals surface area contributed by atoms with Gasteiger partial charge in [-0.05, 0) is 19.4 Å². The Labute approximate surface area is 137 Å². The van der Waals surface area contributed by atoms with Gasteiger partial charge in [-0.3, -0.25) is 10.1 Å². The van der Waals surface area contributed by atoms with E-state index < -0.39 is 17.2 Å². The topological polar surface area (TPSA) is 115 Å². The number of urea groups is 1. The van der Waals surface area contributed by atoms with Crippen LogP contribution in [0, 0.1) is 6.92 Å². The molecule has 4 N–H and O–H groups in total. The van der Waals surface area contributed by atoms with Crippen LogP contribution in [0.4, 0.5) is 4.79 Å². The number of nitrogens with one attached hydrogen (secondary N) is 2. The standard InChI is InChI=1S/C14H18N6O2S/c1-3-16-13(22)17-12(21)11(10-7-5-4-6-8-10)23-14-19-18-9(2)20(14)15/h4-8,11H,3,15H2,1-2H3,(H2,16,17,21,22)/t11-/m1/s1. The van der Waals surface area contributed by atoms with E-state index in [4.69, 9.17) is 5.84 Å². The number of hydrogen-bond acceptors (Lipinski definition) is 6. The molecule has 0 spiro atoms.